The van der Waals surface area contributed by atoms with Crippen LogP contribution in [0.3, 0.4) is 0 Å². The van der Waals surface area contributed by atoms with Crippen molar-refractivity contribution in [3.05, 3.63) is 33.9 Å². The average molecular weight is 285 g/mol. The van der Waals surface area contributed by atoms with E-state index in [0.29, 0.717) is 12.0 Å². The molecule has 0 bridgehead atoms. The van der Waals surface area contributed by atoms with Crippen molar-refractivity contribution in [1.29, 1.82) is 0 Å². The maximum absolute atomic E-state index is 10.8. The van der Waals surface area contributed by atoms with Crippen molar-refractivity contribution in [3.63, 3.8) is 0 Å². The first kappa shape index (κ1) is 15.8. The van der Waals surface area contributed by atoms with Crippen LogP contribution in [0, 0.1) is 16.0 Å². The van der Waals surface area contributed by atoms with E-state index in [1.165, 1.54) is 6.07 Å². The smallest absolute Gasteiger partial charge is 0.269 e. The van der Waals surface area contributed by atoms with E-state index in [9.17, 15) is 10.1 Å². The lowest BCUT2D eigenvalue weighted by Gasteiger charge is -2.29. The Morgan fingerprint density at radius 3 is 2.47 bits per heavy atom. The van der Waals surface area contributed by atoms with Crippen LogP contribution in [0.25, 0.3) is 0 Å². The highest BCUT2D eigenvalue weighted by Crippen LogP contribution is 2.28. The van der Waals surface area contributed by atoms with Gasteiger partial charge in [-0.05, 0) is 30.9 Å². The summed E-state index contributed by atoms with van der Waals surface area (Å²) in [4.78, 5) is 12.5. The molecule has 0 saturated heterocycles. The summed E-state index contributed by atoms with van der Waals surface area (Å²) >= 11 is 5.91. The molecule has 1 unspecified atom stereocenters. The normalized spacial score (nSPS) is 12.5. The molecule has 0 aromatic heterocycles. The molecule has 0 N–H and O–H groups in total. The van der Waals surface area contributed by atoms with Crippen LogP contribution in [0.5, 0.6) is 0 Å². The van der Waals surface area contributed by atoms with Gasteiger partial charge in [0.1, 0.15) is 0 Å². The molecule has 1 aromatic rings. The minimum absolute atomic E-state index is 0.0873. The maximum Gasteiger partial charge on any atom is 0.269 e. The Morgan fingerprint density at radius 1 is 1.37 bits per heavy atom. The summed E-state index contributed by atoms with van der Waals surface area (Å²) in [6, 6.07) is 5.24. The van der Waals surface area contributed by atoms with E-state index in [1.54, 1.807) is 12.1 Å². The fraction of sp³-hybridized carbons (Fsp3) is 0.571. The van der Waals surface area contributed by atoms with Crippen LogP contribution in [0.15, 0.2) is 18.2 Å². The second kappa shape index (κ2) is 6.75. The van der Waals surface area contributed by atoms with Crippen LogP contribution < -0.4 is 4.90 Å². The van der Waals surface area contributed by atoms with E-state index >= 15 is 0 Å². The molecule has 5 heteroatoms. The third-order valence-electron chi connectivity index (χ3n) is 3.27. The van der Waals surface area contributed by atoms with Gasteiger partial charge in [0.15, 0.2) is 0 Å². The number of anilines is 1. The Labute approximate surface area is 119 Å². The zero-order valence-electron chi connectivity index (χ0n) is 11.9. The zero-order chi connectivity index (χ0) is 14.6. The highest BCUT2D eigenvalue weighted by Gasteiger charge is 2.17. The topological polar surface area (TPSA) is 46.4 Å². The van der Waals surface area contributed by atoms with E-state index < -0.39 is 4.92 Å². The number of nitro groups is 1. The van der Waals surface area contributed by atoms with Crippen LogP contribution in [-0.4, -0.2) is 18.0 Å². The Morgan fingerprint density at radius 2 is 2.00 bits per heavy atom. The minimum Gasteiger partial charge on any atom is -0.372 e. The van der Waals surface area contributed by atoms with Gasteiger partial charge >= 0.3 is 0 Å². The van der Waals surface area contributed by atoms with E-state index in [1.807, 2.05) is 7.05 Å². The molecular formula is C14H21ClN2O2. The fourth-order valence-electron chi connectivity index (χ4n) is 2.21. The zero-order valence-corrected chi connectivity index (χ0v) is 12.6. The predicted molar refractivity (Wildman–Crippen MR) is 80.0 cm³/mol. The molecule has 1 rings (SSSR count). The molecule has 0 radical (unpaired) electrons. The summed E-state index contributed by atoms with van der Waals surface area (Å²) in [7, 11) is 2.00. The third kappa shape index (κ3) is 4.10. The Bertz CT molecular complexity index is 449. The molecule has 19 heavy (non-hydrogen) atoms. The highest BCUT2D eigenvalue weighted by molar-refractivity contribution is 6.17. The predicted octanol–water partition coefficient (Wildman–Crippen LogP) is 4.20. The second-order valence-corrected chi connectivity index (χ2v) is 5.56. The molecule has 0 spiro atoms. The fourth-order valence-corrected chi connectivity index (χ4v) is 2.43. The molecule has 0 aliphatic heterocycles. The summed E-state index contributed by atoms with van der Waals surface area (Å²) < 4.78 is 0. The highest BCUT2D eigenvalue weighted by atomic mass is 35.5. The van der Waals surface area contributed by atoms with Gasteiger partial charge in [-0.1, -0.05) is 13.8 Å². The monoisotopic (exact) mass is 284 g/mol. The largest absolute Gasteiger partial charge is 0.372 e. The molecule has 0 aliphatic rings. The first-order chi connectivity index (χ1) is 8.86. The standard InChI is InChI=1S/C14H21ClN2O2/c1-10(2)7-11(3)16(4)14-6-5-13(17(18)19)8-12(14)9-15/h5-6,8,10-11H,7,9H2,1-4H3. The Balaban J connectivity index is 3.02. The van der Waals surface area contributed by atoms with Crippen molar-refractivity contribution in [1.82, 2.24) is 0 Å². The van der Waals surface area contributed by atoms with Crippen molar-refractivity contribution < 1.29 is 4.92 Å². The molecule has 1 aromatic carbocycles. The number of nitro benzene ring substituents is 1. The van der Waals surface area contributed by atoms with Crippen molar-refractivity contribution in [3.8, 4) is 0 Å². The lowest BCUT2D eigenvalue weighted by molar-refractivity contribution is -0.384. The molecule has 106 valence electrons. The van der Waals surface area contributed by atoms with Crippen molar-refractivity contribution >= 4 is 23.0 Å². The summed E-state index contributed by atoms with van der Waals surface area (Å²) in [6.07, 6.45) is 1.06. The maximum atomic E-state index is 10.8. The van der Waals surface area contributed by atoms with Gasteiger partial charge in [0.25, 0.3) is 5.69 Å². The van der Waals surface area contributed by atoms with E-state index in [2.05, 4.69) is 25.7 Å². The van der Waals surface area contributed by atoms with Crippen LogP contribution in [0.2, 0.25) is 0 Å². The number of hydrogen-bond acceptors (Lipinski definition) is 3. The van der Waals surface area contributed by atoms with E-state index in [0.717, 1.165) is 17.7 Å². The van der Waals surface area contributed by atoms with Crippen LogP contribution in [0.1, 0.15) is 32.8 Å². The molecule has 1 atom stereocenters. The number of hydrogen-bond donors (Lipinski definition) is 0. The number of benzene rings is 1. The lowest BCUT2D eigenvalue weighted by atomic mass is 10.0. The first-order valence-corrected chi connectivity index (χ1v) is 6.96. The van der Waals surface area contributed by atoms with Gasteiger partial charge in [-0.25, -0.2) is 0 Å². The SMILES string of the molecule is CC(C)CC(C)N(C)c1ccc([N+](=O)[O-])cc1CCl. The van der Waals surface area contributed by atoms with Crippen LogP contribution in [-0.2, 0) is 5.88 Å². The van der Waals surface area contributed by atoms with Gasteiger partial charge in [-0.2, -0.15) is 0 Å². The van der Waals surface area contributed by atoms with Gasteiger partial charge in [-0.3, -0.25) is 10.1 Å². The molecule has 0 aliphatic carbocycles. The number of halogens is 1. The van der Waals surface area contributed by atoms with Gasteiger partial charge < -0.3 is 4.90 Å². The molecule has 0 amide bonds. The Hall–Kier alpha value is -1.29. The third-order valence-corrected chi connectivity index (χ3v) is 3.56. The minimum atomic E-state index is -0.391. The summed E-state index contributed by atoms with van der Waals surface area (Å²) in [5, 5.41) is 10.8. The van der Waals surface area contributed by atoms with E-state index in [-0.39, 0.29) is 11.6 Å². The molecule has 0 saturated carbocycles. The number of alkyl halides is 1. The van der Waals surface area contributed by atoms with Gasteiger partial charge in [0.2, 0.25) is 0 Å². The second-order valence-electron chi connectivity index (χ2n) is 5.29. The average Bonchev–Trinajstić information content (AvgIpc) is 2.36. The number of non-ortho nitro benzene ring substituents is 1. The lowest BCUT2D eigenvalue weighted by Crippen LogP contribution is -2.30. The quantitative estimate of drug-likeness (QED) is 0.447. The molecule has 4 nitrogen and oxygen atoms in total. The molecular weight excluding hydrogens is 264 g/mol. The number of rotatable bonds is 6. The molecule has 0 heterocycles. The molecule has 0 fully saturated rings. The number of nitrogens with zero attached hydrogens (tertiary/aromatic N) is 2. The van der Waals surface area contributed by atoms with Gasteiger partial charge in [-0.15, -0.1) is 11.6 Å². The van der Waals surface area contributed by atoms with Gasteiger partial charge in [0, 0.05) is 36.8 Å². The summed E-state index contributed by atoms with van der Waals surface area (Å²) in [5.41, 5.74) is 1.85. The van der Waals surface area contributed by atoms with Crippen LogP contribution >= 0.6 is 11.6 Å². The summed E-state index contributed by atoms with van der Waals surface area (Å²) in [6.45, 7) is 6.52. The summed E-state index contributed by atoms with van der Waals surface area (Å²) in [5.74, 6) is 0.880. The van der Waals surface area contributed by atoms with Gasteiger partial charge in [0.05, 0.1) is 4.92 Å². The van der Waals surface area contributed by atoms with Crippen molar-refractivity contribution in [2.75, 3.05) is 11.9 Å². The Kier molecular flexibility index (Phi) is 5.60. The van der Waals surface area contributed by atoms with Crippen molar-refractivity contribution in [2.45, 2.75) is 39.1 Å². The van der Waals surface area contributed by atoms with Crippen LogP contribution in [0.4, 0.5) is 11.4 Å². The van der Waals surface area contributed by atoms with E-state index in [4.69, 9.17) is 11.6 Å². The first-order valence-electron chi connectivity index (χ1n) is 6.43. The van der Waals surface area contributed by atoms with Crippen molar-refractivity contribution in [2.24, 2.45) is 5.92 Å².